The highest BCUT2D eigenvalue weighted by atomic mass is 35.5. The molecule has 4 aromatic rings. The second-order valence-electron chi connectivity index (χ2n) is 11.3. The molecule has 0 aliphatic rings. The third kappa shape index (κ3) is 7.05. The van der Waals surface area contributed by atoms with Crippen molar-refractivity contribution in [2.24, 2.45) is 12.8 Å². The van der Waals surface area contributed by atoms with E-state index in [0.717, 1.165) is 16.1 Å². The molecule has 242 valence electrons. The van der Waals surface area contributed by atoms with E-state index < -0.39 is 32.9 Å². The Morgan fingerprint density at radius 3 is 2.29 bits per heavy atom. The molecule has 0 fully saturated rings. The molecular formula is C32H36ClF3N4O3S2. The third-order valence-electron chi connectivity index (χ3n) is 7.70. The molecule has 0 radical (unpaired) electrons. The van der Waals surface area contributed by atoms with Gasteiger partial charge in [-0.3, -0.25) is 0 Å². The summed E-state index contributed by atoms with van der Waals surface area (Å²) in [6, 6.07) is 11.8. The van der Waals surface area contributed by atoms with Crippen LogP contribution in [0, 0.1) is 17.5 Å². The largest absolute Gasteiger partial charge is 0.494 e. The Morgan fingerprint density at radius 1 is 1.04 bits per heavy atom. The first-order chi connectivity index (χ1) is 21.1. The molecule has 45 heavy (non-hydrogen) atoms. The quantitative estimate of drug-likeness (QED) is 0.163. The van der Waals surface area contributed by atoms with E-state index in [1.807, 2.05) is 18.4 Å². The number of aryl methyl sites for hydroxylation is 1. The fourth-order valence-corrected chi connectivity index (χ4v) is 7.55. The molecule has 4 rings (SSSR count). The summed E-state index contributed by atoms with van der Waals surface area (Å²) >= 11 is 7.68. The molecule has 0 atom stereocenters. The minimum atomic E-state index is -3.79. The van der Waals surface area contributed by atoms with Crippen molar-refractivity contribution in [3.05, 3.63) is 93.4 Å². The van der Waals surface area contributed by atoms with Crippen molar-refractivity contribution < 1.29 is 26.3 Å². The van der Waals surface area contributed by atoms with E-state index in [-0.39, 0.29) is 27.0 Å². The zero-order chi connectivity index (χ0) is 33.3. The van der Waals surface area contributed by atoms with Gasteiger partial charge in [0.2, 0.25) is 10.0 Å². The maximum atomic E-state index is 15.0. The fraction of sp³-hybridized carbons (Fsp3) is 0.344. The summed E-state index contributed by atoms with van der Waals surface area (Å²) in [7, 11) is 2.21. The monoisotopic (exact) mass is 680 g/mol. The minimum Gasteiger partial charge on any atom is -0.494 e. The van der Waals surface area contributed by atoms with Gasteiger partial charge in [-0.2, -0.15) is 0 Å². The standard InChI is InChI=1S/C32H36ClF3N4O3S2/c1-32(2,21-10-12-28(23(33)17-21)45(41,42)39(3)4)30-29(20-9-11-24(34)27(16-20)43-6)38-31(40(30)5)44-18-22-25(35)14-19(8-7-13-37)15-26(22)36/h9-12,14-17H,7-8,13,18,37H2,1-6H3. The van der Waals surface area contributed by atoms with Crippen LogP contribution in [-0.2, 0) is 34.7 Å². The summed E-state index contributed by atoms with van der Waals surface area (Å²) < 4.78 is 78.1. The van der Waals surface area contributed by atoms with Crippen molar-refractivity contribution in [3.63, 3.8) is 0 Å². The number of methoxy groups -OCH3 is 1. The van der Waals surface area contributed by atoms with Crippen LogP contribution in [0.5, 0.6) is 5.75 Å². The molecule has 3 aromatic carbocycles. The highest BCUT2D eigenvalue weighted by molar-refractivity contribution is 7.98. The Bertz CT molecular complexity index is 1810. The number of sulfonamides is 1. The summed E-state index contributed by atoms with van der Waals surface area (Å²) in [5.41, 5.74) is 7.58. The number of imidazole rings is 1. The first kappa shape index (κ1) is 34.8. The maximum Gasteiger partial charge on any atom is 0.244 e. The van der Waals surface area contributed by atoms with Crippen LogP contribution in [-0.4, -0.2) is 50.0 Å². The number of halogens is 4. The Morgan fingerprint density at radius 2 is 1.71 bits per heavy atom. The molecule has 0 aliphatic carbocycles. The summed E-state index contributed by atoms with van der Waals surface area (Å²) in [5, 5.41) is 0.511. The average molecular weight is 681 g/mol. The predicted molar refractivity (Wildman–Crippen MR) is 173 cm³/mol. The van der Waals surface area contributed by atoms with E-state index in [2.05, 4.69) is 0 Å². The Hall–Kier alpha value is -3.03. The van der Waals surface area contributed by atoms with Gasteiger partial charge in [-0.25, -0.2) is 30.9 Å². The molecular weight excluding hydrogens is 645 g/mol. The number of nitrogens with zero attached hydrogens (tertiary/aromatic N) is 3. The number of rotatable bonds is 12. The van der Waals surface area contributed by atoms with Gasteiger partial charge in [-0.05, 0) is 73.0 Å². The van der Waals surface area contributed by atoms with Crippen molar-refractivity contribution in [3.8, 4) is 17.0 Å². The van der Waals surface area contributed by atoms with Crippen LogP contribution < -0.4 is 10.5 Å². The number of thioether (sulfide) groups is 1. The lowest BCUT2D eigenvalue weighted by Gasteiger charge is -2.28. The summed E-state index contributed by atoms with van der Waals surface area (Å²) in [6.07, 6.45) is 1.10. The molecule has 0 saturated heterocycles. The summed E-state index contributed by atoms with van der Waals surface area (Å²) in [4.78, 5) is 4.83. The fourth-order valence-electron chi connectivity index (χ4n) is 5.14. The number of ether oxygens (including phenoxy) is 1. The lowest BCUT2D eigenvalue weighted by atomic mass is 9.79. The number of benzene rings is 3. The summed E-state index contributed by atoms with van der Waals surface area (Å²) in [6.45, 7) is 4.27. The van der Waals surface area contributed by atoms with Crippen molar-refractivity contribution in [2.75, 3.05) is 27.7 Å². The number of aromatic nitrogens is 2. The molecule has 0 amide bonds. The van der Waals surface area contributed by atoms with Crippen molar-refractivity contribution in [2.45, 2.75) is 47.9 Å². The lowest BCUT2D eigenvalue weighted by Crippen LogP contribution is -2.25. The van der Waals surface area contributed by atoms with Gasteiger partial charge in [0.15, 0.2) is 16.7 Å². The molecule has 1 heterocycles. The number of nitrogens with two attached hydrogens (primary N) is 1. The Balaban J connectivity index is 1.82. The van der Waals surface area contributed by atoms with Crippen molar-refractivity contribution in [1.29, 1.82) is 0 Å². The first-order valence-corrected chi connectivity index (χ1v) is 16.9. The van der Waals surface area contributed by atoms with Crippen LogP contribution in [0.3, 0.4) is 0 Å². The van der Waals surface area contributed by atoms with Gasteiger partial charge < -0.3 is 15.0 Å². The Labute approximate surface area is 271 Å². The maximum absolute atomic E-state index is 15.0. The van der Waals surface area contributed by atoms with Gasteiger partial charge in [-0.1, -0.05) is 43.3 Å². The molecule has 0 aliphatic heterocycles. The minimum absolute atomic E-state index is 0.0243. The van der Waals surface area contributed by atoms with E-state index >= 15 is 8.78 Å². The van der Waals surface area contributed by atoms with E-state index in [9.17, 15) is 12.8 Å². The second-order valence-corrected chi connectivity index (χ2v) is 14.7. The normalized spacial score (nSPS) is 12.3. The van der Waals surface area contributed by atoms with Gasteiger partial charge >= 0.3 is 0 Å². The number of hydrogen-bond acceptors (Lipinski definition) is 6. The smallest absolute Gasteiger partial charge is 0.244 e. The van der Waals surface area contributed by atoms with Crippen molar-refractivity contribution >= 4 is 33.4 Å². The molecule has 0 unspecified atom stereocenters. The molecule has 0 spiro atoms. The predicted octanol–water partition coefficient (Wildman–Crippen LogP) is 6.93. The third-order valence-corrected chi connectivity index (χ3v) is 11.1. The molecule has 0 bridgehead atoms. The van der Waals surface area contributed by atoms with Crippen LogP contribution in [0.15, 0.2) is 58.6 Å². The van der Waals surface area contributed by atoms with E-state index in [1.54, 1.807) is 25.2 Å². The van der Waals surface area contributed by atoms with Gasteiger partial charge in [0.1, 0.15) is 16.5 Å². The average Bonchev–Trinajstić information content (AvgIpc) is 3.32. The van der Waals surface area contributed by atoms with Gasteiger partial charge in [0.05, 0.1) is 23.5 Å². The van der Waals surface area contributed by atoms with Crippen LogP contribution in [0.25, 0.3) is 11.3 Å². The Kier molecular flexibility index (Phi) is 10.7. The van der Waals surface area contributed by atoms with Gasteiger partial charge in [-0.15, -0.1) is 0 Å². The molecule has 0 saturated carbocycles. The van der Waals surface area contributed by atoms with Crippen molar-refractivity contribution in [1.82, 2.24) is 13.9 Å². The highest BCUT2D eigenvalue weighted by Gasteiger charge is 2.34. The zero-order valence-corrected chi connectivity index (χ0v) is 28.3. The molecule has 2 N–H and O–H groups in total. The van der Waals surface area contributed by atoms with Crippen LogP contribution >= 0.6 is 23.4 Å². The van der Waals surface area contributed by atoms with Crippen LogP contribution in [0.1, 0.15) is 42.7 Å². The summed E-state index contributed by atoms with van der Waals surface area (Å²) in [5.74, 6) is -1.84. The molecule has 7 nitrogen and oxygen atoms in total. The number of hydrogen-bond donors (Lipinski definition) is 1. The SMILES string of the molecule is COc1cc(-c2nc(SCc3c(F)cc(CCCN)cc3F)n(C)c2C(C)(C)c2ccc(S(=O)(=O)N(C)C)c(Cl)c2)ccc1F. The topological polar surface area (TPSA) is 90.5 Å². The van der Waals surface area contributed by atoms with E-state index in [1.165, 1.54) is 51.5 Å². The van der Waals surface area contributed by atoms with Gasteiger partial charge in [0.25, 0.3) is 0 Å². The van der Waals surface area contributed by atoms with Crippen LogP contribution in [0.4, 0.5) is 13.2 Å². The molecule has 13 heteroatoms. The first-order valence-electron chi connectivity index (χ1n) is 14.1. The molecule has 1 aromatic heterocycles. The second kappa shape index (κ2) is 13.8. The van der Waals surface area contributed by atoms with Gasteiger partial charge in [0, 0.05) is 43.4 Å². The van der Waals surface area contributed by atoms with Crippen LogP contribution in [0.2, 0.25) is 5.02 Å². The highest BCUT2D eigenvalue weighted by Crippen LogP contribution is 2.42. The zero-order valence-electron chi connectivity index (χ0n) is 25.9. The van der Waals surface area contributed by atoms with E-state index in [4.69, 9.17) is 27.1 Å². The lowest BCUT2D eigenvalue weighted by molar-refractivity contribution is 0.387. The van der Waals surface area contributed by atoms with E-state index in [0.29, 0.717) is 52.6 Å².